The van der Waals surface area contributed by atoms with Crippen LogP contribution in [0.4, 0.5) is 67.2 Å². The molecule has 6 atom stereocenters. The molecule has 0 amide bonds. The van der Waals surface area contributed by atoms with Crippen molar-refractivity contribution in [3.63, 3.8) is 0 Å². The van der Waals surface area contributed by atoms with Gasteiger partial charge in [-0.1, -0.05) is 133 Å². The number of fused-ring (bicyclic) bond motifs is 6. The lowest BCUT2D eigenvalue weighted by Crippen LogP contribution is -2.30. The zero-order chi connectivity index (χ0) is 96.6. The topological polar surface area (TPSA) is 244 Å². The molecular weight excluding hydrogens is 1770 g/mol. The maximum atomic E-state index is 14.0. The molecule has 16 nitrogen and oxygen atoms in total. The van der Waals surface area contributed by atoms with Crippen LogP contribution in [0.3, 0.4) is 0 Å². The third-order valence-electron chi connectivity index (χ3n) is 23.5. The summed E-state index contributed by atoms with van der Waals surface area (Å²) in [5.41, 5.74) is 45.0. The lowest BCUT2D eigenvalue weighted by molar-refractivity contribution is -0.274. The van der Waals surface area contributed by atoms with E-state index in [9.17, 15) is 61.5 Å². The monoisotopic (exact) mass is 1870 g/mol. The molecule has 0 bridgehead atoms. The Hall–Kier alpha value is -12.9. The number of methoxy groups -OCH3 is 1. The van der Waals surface area contributed by atoms with Crippen molar-refractivity contribution < 1.29 is 104 Å². The minimum absolute atomic E-state index is 0.00418. The van der Waals surface area contributed by atoms with E-state index in [1.165, 1.54) is 92.0 Å². The third-order valence-corrected chi connectivity index (χ3v) is 23.5. The van der Waals surface area contributed by atoms with Crippen LogP contribution in [0.5, 0.6) is 51.7 Å². The first-order valence-corrected chi connectivity index (χ1v) is 44.2. The van der Waals surface area contributed by atoms with Crippen molar-refractivity contribution in [2.75, 3.05) is 46.4 Å². The maximum Gasteiger partial charge on any atom is 0.573 e. The number of benzene rings is 12. The minimum atomic E-state index is -4.84. The van der Waals surface area contributed by atoms with E-state index in [1.54, 1.807) is 55.5 Å². The van der Waals surface area contributed by atoms with Crippen LogP contribution in [0, 0.1) is 42.6 Å². The highest BCUT2D eigenvalue weighted by Gasteiger charge is 2.39. The summed E-state index contributed by atoms with van der Waals surface area (Å²) < 4.78 is 237. The van der Waals surface area contributed by atoms with Crippen LogP contribution in [0.1, 0.15) is 102 Å². The lowest BCUT2D eigenvalue weighted by Gasteiger charge is -2.28. The quantitative estimate of drug-likeness (QED) is 0.0389. The molecule has 18 rings (SSSR count). The number of para-hydroxylation sites is 5. The molecule has 710 valence electrons. The van der Waals surface area contributed by atoms with Crippen LogP contribution in [-0.4, -0.2) is 95.5 Å². The van der Waals surface area contributed by atoms with Gasteiger partial charge in [0, 0.05) is 101 Å². The van der Waals surface area contributed by atoms with E-state index in [1.807, 2.05) is 62.4 Å². The van der Waals surface area contributed by atoms with Gasteiger partial charge in [0.15, 0.2) is 5.69 Å². The van der Waals surface area contributed by atoms with E-state index in [-0.39, 0.29) is 95.3 Å². The Labute approximate surface area is 773 Å². The van der Waals surface area contributed by atoms with Gasteiger partial charge < -0.3 is 77.0 Å². The van der Waals surface area contributed by atoms with Crippen molar-refractivity contribution in [2.45, 2.75) is 159 Å². The van der Waals surface area contributed by atoms with Gasteiger partial charge in [0.2, 0.25) is 0 Å². The first-order chi connectivity index (χ1) is 64.7. The Morgan fingerprint density at radius 1 is 0.326 bits per heavy atom. The van der Waals surface area contributed by atoms with Crippen molar-refractivity contribution >= 4 is 5.69 Å². The van der Waals surface area contributed by atoms with Gasteiger partial charge in [-0.25, -0.2) is 26.8 Å². The SMILES string of the molecule is CC(C)Oc1cc(F)ccc1-c1cccc2c1O[C@@H](CN)CC2.COc1cc(F)ccc1-c1cccc2c1O[C@@H](CN)CC2.Cc1ccc(-c2cc(F)cc3c2O[C@@H](CN)CC3)c(C(F)(F)F)c1.NC[C@H]1CCc2cc(F)cc(-c3ccccc3OC(F)(F)F)c2O1.NC[C@H]1CCc2cccc(-c3ccccc3C(F)(F)F)c2O1.[C-]#[N+]c1cc(F)ccc1-c1cccc2c1O[C@@H](CN)CC2. The molecular formula is C105H103F14N7O9. The van der Waals surface area contributed by atoms with E-state index in [4.69, 9.17) is 78.9 Å². The van der Waals surface area contributed by atoms with Gasteiger partial charge in [0.25, 0.3) is 0 Å². The summed E-state index contributed by atoms with van der Waals surface area (Å²) in [6.07, 6.45) is -5.05. The van der Waals surface area contributed by atoms with Gasteiger partial charge >= 0.3 is 18.7 Å². The second-order valence-corrected chi connectivity index (χ2v) is 33.2. The Bertz CT molecular complexity index is 6190. The maximum absolute atomic E-state index is 14.0. The van der Waals surface area contributed by atoms with Crippen molar-refractivity contribution in [2.24, 2.45) is 34.4 Å². The highest BCUT2D eigenvalue weighted by atomic mass is 19.4. The molecule has 135 heavy (non-hydrogen) atoms. The van der Waals surface area contributed by atoms with Crippen molar-refractivity contribution in [1.29, 1.82) is 0 Å². The summed E-state index contributed by atoms with van der Waals surface area (Å²) in [7, 11) is 1.54. The number of rotatable bonds is 16. The fraction of sp³-hybridized carbons (Fsp3) is 0.305. The van der Waals surface area contributed by atoms with Crippen LogP contribution < -0.4 is 77.0 Å². The zero-order valence-corrected chi connectivity index (χ0v) is 74.4. The van der Waals surface area contributed by atoms with Gasteiger partial charge in [-0.05, 0) is 227 Å². The normalized spacial score (nSPS) is 17.1. The van der Waals surface area contributed by atoms with Gasteiger partial charge in [-0.15, -0.1) is 13.2 Å². The van der Waals surface area contributed by atoms with Crippen molar-refractivity contribution in [3.8, 4) is 119 Å². The summed E-state index contributed by atoms with van der Waals surface area (Å²) in [6.45, 7) is 15.0. The number of alkyl halides is 9. The Morgan fingerprint density at radius 3 is 1.04 bits per heavy atom. The number of halogens is 14. The van der Waals surface area contributed by atoms with E-state index in [0.29, 0.717) is 114 Å². The Balaban J connectivity index is 0.000000137. The standard InChI is InChI=1S/C19H22FNO2.C18H17F4NO.C17H15F4NO2.C17H16F3NO.C17H15FN2O.C17H18FNO2/c1-12(2)22-18-10-14(20)7-9-16(18)17-5-3-4-13-6-8-15(11-21)23-19(13)17;1-10-2-5-14(16(6-10)18(20,21)22)15-8-12(19)7-11-3-4-13(9-23)24-17(11)15;18-11-7-10-5-6-12(9-22)23-16(10)14(8-11)13-3-1-2-4-15(13)24-17(19,20)21;18-17(19,20)15-7-2-1-5-13(15)14-6-3-4-11-8-9-12(10-21)22-16(11)14;2*1-20-16-9-12(18)6-8-14(16)15-4-2-3-11-5-7-13(10-19)21-17(11)15/h3-5,7,9-10,12,15H,6,8,11,21H2,1-2H3;2,5-8,13H,3-4,9,23H2,1H3;1-4,7-8,12H,5-6,9,22H2;1-7,12H,8-10,21H2;2-4,6,8-9,13H,5,7,10,19H2;2-4,6,8-9,13H,5,7,10,19H2,1H3/t15-;13-;2*12-;2*13-/m111111/s1. The second kappa shape index (κ2) is 44.5. The van der Waals surface area contributed by atoms with Crippen molar-refractivity contribution in [1.82, 2.24) is 0 Å². The van der Waals surface area contributed by atoms with Crippen LogP contribution >= 0.6 is 0 Å². The average Bonchev–Trinajstić information content (AvgIpc) is 0.778. The first kappa shape index (κ1) is 99.6. The molecule has 12 N–H and O–H groups in total. The predicted molar refractivity (Wildman–Crippen MR) is 492 cm³/mol. The summed E-state index contributed by atoms with van der Waals surface area (Å²) in [5, 5.41) is 0. The lowest BCUT2D eigenvalue weighted by atomic mass is 9.92. The largest absolute Gasteiger partial charge is 0.573 e. The minimum Gasteiger partial charge on any atom is -0.496 e. The molecule has 6 aliphatic rings. The van der Waals surface area contributed by atoms with Gasteiger partial charge in [0.05, 0.1) is 30.9 Å². The van der Waals surface area contributed by atoms with Crippen molar-refractivity contribution in [3.05, 3.63) is 309 Å². The molecule has 0 saturated heterocycles. The molecule has 6 heterocycles. The number of nitrogens with two attached hydrogens (primary N) is 6. The summed E-state index contributed by atoms with van der Waals surface area (Å²) in [6, 6.07) is 56.7. The Morgan fingerprint density at radius 2 is 0.644 bits per heavy atom. The third kappa shape index (κ3) is 24.6. The number of hydrogen-bond donors (Lipinski definition) is 6. The molecule has 0 saturated carbocycles. The predicted octanol–water partition coefficient (Wildman–Crippen LogP) is 23.3. The molecule has 30 heteroatoms. The number of aryl methyl sites for hydroxylation is 7. The average molecular weight is 1870 g/mol. The molecule has 0 aromatic heterocycles. The molecule has 0 radical (unpaired) electrons. The second-order valence-electron chi connectivity index (χ2n) is 33.2. The number of ether oxygens (including phenoxy) is 9. The Kier molecular flexibility index (Phi) is 32.8. The van der Waals surface area contributed by atoms with E-state index in [0.717, 1.165) is 143 Å². The summed E-state index contributed by atoms with van der Waals surface area (Å²) in [5.74, 6) is 2.11. The summed E-state index contributed by atoms with van der Waals surface area (Å²) in [4.78, 5) is 3.43. The molecule has 12 aromatic rings. The summed E-state index contributed by atoms with van der Waals surface area (Å²) >= 11 is 0. The highest BCUT2D eigenvalue weighted by Crippen LogP contribution is 2.51. The molecule has 12 aromatic carbocycles. The smallest absolute Gasteiger partial charge is 0.496 e. The molecule has 0 fully saturated rings. The molecule has 0 aliphatic carbocycles. The molecule has 0 unspecified atom stereocenters. The van der Waals surface area contributed by atoms with Gasteiger partial charge in [0.1, 0.15) is 117 Å². The molecule has 6 aliphatic heterocycles. The van der Waals surface area contributed by atoms with E-state index in [2.05, 4.69) is 21.7 Å². The fourth-order valence-corrected chi connectivity index (χ4v) is 16.9. The number of nitrogens with zero attached hydrogens (tertiary/aromatic N) is 1. The van der Waals surface area contributed by atoms with Crippen LogP contribution in [0.25, 0.3) is 71.6 Å². The van der Waals surface area contributed by atoms with E-state index < -0.39 is 53.0 Å². The van der Waals surface area contributed by atoms with Gasteiger partial charge in [-0.2, -0.15) is 26.3 Å². The molecule has 0 spiro atoms. The van der Waals surface area contributed by atoms with Crippen LogP contribution in [-0.2, 0) is 50.9 Å². The highest BCUT2D eigenvalue weighted by molar-refractivity contribution is 5.85. The van der Waals surface area contributed by atoms with Crippen LogP contribution in [0.15, 0.2) is 218 Å². The zero-order valence-electron chi connectivity index (χ0n) is 74.4. The fourth-order valence-electron chi connectivity index (χ4n) is 16.9. The number of hydrogen-bond acceptors (Lipinski definition) is 15. The van der Waals surface area contributed by atoms with Gasteiger partial charge in [-0.3, -0.25) is 0 Å². The van der Waals surface area contributed by atoms with Crippen LogP contribution in [0.2, 0.25) is 0 Å². The van der Waals surface area contributed by atoms with E-state index >= 15 is 0 Å². The first-order valence-electron chi connectivity index (χ1n) is 44.2.